The molecular formula is C14H24O2. The first-order chi connectivity index (χ1) is 7.83. The van der Waals surface area contributed by atoms with E-state index in [4.69, 9.17) is 4.74 Å². The Morgan fingerprint density at radius 3 is 2.19 bits per heavy atom. The van der Waals surface area contributed by atoms with Crippen molar-refractivity contribution < 1.29 is 9.53 Å². The van der Waals surface area contributed by atoms with Crippen molar-refractivity contribution in [1.29, 1.82) is 0 Å². The van der Waals surface area contributed by atoms with E-state index in [9.17, 15) is 4.79 Å². The molecule has 0 N–H and O–H groups in total. The second-order valence-electron chi connectivity index (χ2n) is 4.53. The molecule has 0 aromatic heterocycles. The molecule has 1 heterocycles. The van der Waals surface area contributed by atoms with Crippen molar-refractivity contribution in [2.75, 3.05) is 0 Å². The normalized spacial score (nSPS) is 23.3. The van der Waals surface area contributed by atoms with Crippen LogP contribution in [0.5, 0.6) is 0 Å². The number of hydrogen-bond donors (Lipinski definition) is 0. The third-order valence-electron chi connectivity index (χ3n) is 2.98. The zero-order valence-electron chi connectivity index (χ0n) is 10.5. The maximum atomic E-state index is 11.5. The average molecular weight is 224 g/mol. The van der Waals surface area contributed by atoms with Gasteiger partial charge in [-0.3, -0.25) is 4.79 Å². The molecule has 0 saturated carbocycles. The van der Waals surface area contributed by atoms with Crippen LogP contribution in [-0.4, -0.2) is 5.97 Å². The van der Waals surface area contributed by atoms with Crippen molar-refractivity contribution in [2.24, 2.45) is 0 Å². The van der Waals surface area contributed by atoms with E-state index in [1.807, 2.05) is 6.08 Å². The quantitative estimate of drug-likeness (QED) is 0.619. The van der Waals surface area contributed by atoms with Gasteiger partial charge in [-0.15, -0.1) is 0 Å². The summed E-state index contributed by atoms with van der Waals surface area (Å²) in [6, 6.07) is 0. The highest BCUT2D eigenvalue weighted by atomic mass is 16.5. The maximum Gasteiger partial charge on any atom is 0.310 e. The number of allylic oxidation sites excluding steroid dienone is 2. The summed E-state index contributed by atoms with van der Waals surface area (Å²) in [5, 5.41) is 0. The van der Waals surface area contributed by atoms with Crippen LogP contribution >= 0.6 is 0 Å². The minimum atomic E-state index is -0.0414. The minimum absolute atomic E-state index is 0.0414. The van der Waals surface area contributed by atoms with Crippen LogP contribution in [0.2, 0.25) is 0 Å². The third-order valence-corrected chi connectivity index (χ3v) is 2.98. The molecule has 1 rings (SSSR count). The summed E-state index contributed by atoms with van der Waals surface area (Å²) in [5.41, 5.74) is 0. The van der Waals surface area contributed by atoms with E-state index in [1.165, 1.54) is 32.1 Å². The van der Waals surface area contributed by atoms with Crippen LogP contribution in [0.3, 0.4) is 0 Å². The van der Waals surface area contributed by atoms with Crippen LogP contribution in [-0.2, 0) is 9.53 Å². The van der Waals surface area contributed by atoms with Crippen molar-refractivity contribution >= 4 is 5.97 Å². The zero-order chi connectivity index (χ0) is 11.6. The largest absolute Gasteiger partial charge is 0.431 e. The first-order valence-corrected chi connectivity index (χ1v) is 6.72. The van der Waals surface area contributed by atoms with Gasteiger partial charge in [0.1, 0.15) is 5.76 Å². The van der Waals surface area contributed by atoms with Crippen LogP contribution in [0.1, 0.15) is 71.1 Å². The number of hydrogen-bond acceptors (Lipinski definition) is 2. The van der Waals surface area contributed by atoms with Gasteiger partial charge in [0.15, 0.2) is 0 Å². The summed E-state index contributed by atoms with van der Waals surface area (Å²) in [7, 11) is 0. The van der Waals surface area contributed by atoms with Gasteiger partial charge in [0.2, 0.25) is 0 Å². The first kappa shape index (κ1) is 13.3. The Bertz CT molecular complexity index is 231. The van der Waals surface area contributed by atoms with Crippen LogP contribution in [0.4, 0.5) is 0 Å². The summed E-state index contributed by atoms with van der Waals surface area (Å²) in [6.45, 7) is 2.08. The second-order valence-corrected chi connectivity index (χ2v) is 4.53. The molecule has 0 amide bonds. The van der Waals surface area contributed by atoms with Gasteiger partial charge in [-0.05, 0) is 25.3 Å². The van der Waals surface area contributed by atoms with Crippen molar-refractivity contribution in [3.63, 3.8) is 0 Å². The topological polar surface area (TPSA) is 26.3 Å². The molecule has 1 saturated heterocycles. The molecule has 0 bridgehead atoms. The smallest absolute Gasteiger partial charge is 0.310 e. The van der Waals surface area contributed by atoms with Gasteiger partial charge in [0, 0.05) is 12.8 Å². The van der Waals surface area contributed by atoms with Crippen molar-refractivity contribution in [2.45, 2.75) is 71.1 Å². The van der Waals surface area contributed by atoms with E-state index in [0.717, 1.165) is 31.4 Å². The van der Waals surface area contributed by atoms with Gasteiger partial charge in [-0.25, -0.2) is 0 Å². The average Bonchev–Trinajstić information content (AvgIpc) is 2.25. The van der Waals surface area contributed by atoms with Crippen LogP contribution in [0.25, 0.3) is 0 Å². The summed E-state index contributed by atoms with van der Waals surface area (Å²) < 4.78 is 5.39. The molecule has 1 aliphatic rings. The van der Waals surface area contributed by atoms with Gasteiger partial charge in [-0.1, -0.05) is 39.0 Å². The molecule has 0 aromatic carbocycles. The number of carbonyl (C=O) groups excluding carboxylic acids is 1. The summed E-state index contributed by atoms with van der Waals surface area (Å²) in [6.07, 6.45) is 13.0. The second kappa shape index (κ2) is 8.37. The van der Waals surface area contributed by atoms with E-state index in [0.29, 0.717) is 6.42 Å². The maximum absolute atomic E-state index is 11.5. The molecule has 0 spiro atoms. The highest BCUT2D eigenvalue weighted by molar-refractivity contribution is 5.70. The van der Waals surface area contributed by atoms with E-state index < -0.39 is 0 Å². The molecule has 0 atom stereocenters. The molecule has 2 heteroatoms. The number of carbonyl (C=O) groups is 1. The highest BCUT2D eigenvalue weighted by Crippen LogP contribution is 2.17. The van der Waals surface area contributed by atoms with Gasteiger partial charge in [-0.2, -0.15) is 0 Å². The lowest BCUT2D eigenvalue weighted by Crippen LogP contribution is -2.05. The highest BCUT2D eigenvalue weighted by Gasteiger charge is 2.08. The van der Waals surface area contributed by atoms with Gasteiger partial charge in [0.25, 0.3) is 0 Å². The summed E-state index contributed by atoms with van der Waals surface area (Å²) >= 11 is 0. The van der Waals surface area contributed by atoms with Crippen molar-refractivity contribution in [3.8, 4) is 0 Å². The molecule has 16 heavy (non-hydrogen) atoms. The lowest BCUT2D eigenvalue weighted by Gasteiger charge is -2.10. The van der Waals surface area contributed by atoms with Crippen LogP contribution in [0, 0.1) is 0 Å². The van der Waals surface area contributed by atoms with Gasteiger partial charge >= 0.3 is 5.97 Å². The van der Waals surface area contributed by atoms with E-state index in [2.05, 4.69) is 6.92 Å². The SMILES string of the molecule is CCC=C1CCCCCCCCCC(=O)O1. The Morgan fingerprint density at radius 1 is 1.00 bits per heavy atom. The zero-order valence-corrected chi connectivity index (χ0v) is 10.5. The fraction of sp³-hybridized carbons (Fsp3) is 0.786. The minimum Gasteiger partial charge on any atom is -0.431 e. The number of cyclic esters (lactones) is 1. The molecule has 0 aromatic rings. The Hall–Kier alpha value is -0.790. The summed E-state index contributed by atoms with van der Waals surface area (Å²) in [4.78, 5) is 11.5. The van der Waals surface area contributed by atoms with Crippen LogP contribution < -0.4 is 0 Å². The molecule has 0 radical (unpaired) electrons. The molecule has 0 aliphatic carbocycles. The fourth-order valence-electron chi connectivity index (χ4n) is 2.07. The Labute approximate surface area is 99.1 Å². The predicted molar refractivity (Wildman–Crippen MR) is 66.0 cm³/mol. The van der Waals surface area contributed by atoms with E-state index in [-0.39, 0.29) is 5.97 Å². The number of ether oxygens (including phenoxy) is 1. The lowest BCUT2D eigenvalue weighted by atomic mass is 10.1. The molecule has 1 fully saturated rings. The summed E-state index contributed by atoms with van der Waals surface area (Å²) in [5.74, 6) is 0.855. The number of rotatable bonds is 1. The Balaban J connectivity index is 2.44. The first-order valence-electron chi connectivity index (χ1n) is 6.72. The molecule has 1 aliphatic heterocycles. The van der Waals surface area contributed by atoms with Crippen molar-refractivity contribution in [3.05, 3.63) is 11.8 Å². The molecule has 92 valence electrons. The van der Waals surface area contributed by atoms with Crippen molar-refractivity contribution in [1.82, 2.24) is 0 Å². The fourth-order valence-corrected chi connectivity index (χ4v) is 2.07. The molecule has 2 nitrogen and oxygen atoms in total. The molecular weight excluding hydrogens is 200 g/mol. The molecule has 0 unspecified atom stereocenters. The Kier molecular flexibility index (Phi) is 6.95. The monoisotopic (exact) mass is 224 g/mol. The predicted octanol–water partition coefficient (Wildman–Crippen LogP) is 4.35. The van der Waals surface area contributed by atoms with E-state index >= 15 is 0 Å². The lowest BCUT2D eigenvalue weighted by molar-refractivity contribution is -0.139. The standard InChI is InChI=1S/C14H24O2/c1-2-10-13-11-8-6-4-3-5-7-9-12-14(15)16-13/h10H,2-9,11-12H2,1H3. The van der Waals surface area contributed by atoms with E-state index in [1.54, 1.807) is 0 Å². The third kappa shape index (κ3) is 5.94. The van der Waals surface area contributed by atoms with Gasteiger partial charge < -0.3 is 4.74 Å². The number of esters is 1. The Morgan fingerprint density at radius 2 is 1.56 bits per heavy atom. The van der Waals surface area contributed by atoms with Crippen LogP contribution in [0.15, 0.2) is 11.8 Å². The van der Waals surface area contributed by atoms with Gasteiger partial charge in [0.05, 0.1) is 0 Å².